The van der Waals surface area contributed by atoms with Crippen LogP contribution >= 0.6 is 0 Å². The van der Waals surface area contributed by atoms with Crippen LogP contribution in [0.25, 0.3) is 0 Å². The molecule has 80 valence electrons. The lowest BCUT2D eigenvalue weighted by atomic mass is 10.0. The van der Waals surface area contributed by atoms with Crippen molar-refractivity contribution >= 4 is 5.91 Å². The molecule has 0 N–H and O–H groups in total. The normalized spacial score (nSPS) is 11.2. The summed E-state index contributed by atoms with van der Waals surface area (Å²) in [4.78, 5) is 12.8. The minimum absolute atomic E-state index is 0.242. The van der Waals surface area contributed by atoms with Gasteiger partial charge in [0.15, 0.2) is 0 Å². The fourth-order valence-corrected chi connectivity index (χ4v) is 1.08. The van der Waals surface area contributed by atoms with E-state index in [-0.39, 0.29) is 5.91 Å². The van der Waals surface area contributed by atoms with Gasteiger partial charge in [-0.3, -0.25) is 4.79 Å². The summed E-state index contributed by atoms with van der Waals surface area (Å²) in [5.74, 6) is 0.779. The highest BCUT2D eigenvalue weighted by atomic mass is 16.2. The summed E-state index contributed by atoms with van der Waals surface area (Å²) in [6.45, 7) is 8.28. The summed E-state index contributed by atoms with van der Waals surface area (Å²) in [6.07, 6.45) is 3.02. The summed E-state index contributed by atoms with van der Waals surface area (Å²) in [5, 5.41) is 0. The van der Waals surface area contributed by atoms with E-state index < -0.39 is 0 Å². The Kier molecular flexibility index (Phi) is 11.0. The van der Waals surface area contributed by atoms with E-state index in [0.717, 1.165) is 6.42 Å². The molecule has 0 spiro atoms. The smallest absolute Gasteiger partial charge is 0.222 e. The van der Waals surface area contributed by atoms with Crippen molar-refractivity contribution in [2.45, 2.75) is 47.0 Å². The summed E-state index contributed by atoms with van der Waals surface area (Å²) in [5.41, 5.74) is 0. The van der Waals surface area contributed by atoms with E-state index in [1.807, 2.05) is 13.8 Å². The van der Waals surface area contributed by atoms with Crippen molar-refractivity contribution in [1.82, 2.24) is 4.90 Å². The van der Waals surface area contributed by atoms with E-state index in [1.165, 1.54) is 6.42 Å². The molecule has 1 atom stereocenters. The largest absolute Gasteiger partial charge is 0.349 e. The van der Waals surface area contributed by atoms with Crippen LogP contribution in [0.15, 0.2) is 0 Å². The monoisotopic (exact) mass is 187 g/mol. The Morgan fingerprint density at radius 3 is 2.08 bits per heavy atom. The standard InChI is InChI=1S/C9H19NO.C2H6/c1-5-6-8(2)7-9(11)10(3)4;1-2/h8H,5-7H2,1-4H3;1-2H3. The Morgan fingerprint density at radius 2 is 1.77 bits per heavy atom. The van der Waals surface area contributed by atoms with Crippen LogP contribution < -0.4 is 0 Å². The first-order chi connectivity index (χ1) is 6.07. The summed E-state index contributed by atoms with van der Waals surface area (Å²) < 4.78 is 0. The van der Waals surface area contributed by atoms with Gasteiger partial charge in [0, 0.05) is 20.5 Å². The van der Waals surface area contributed by atoms with Gasteiger partial charge in [-0.15, -0.1) is 0 Å². The average molecular weight is 187 g/mol. The van der Waals surface area contributed by atoms with Gasteiger partial charge in [0.2, 0.25) is 5.91 Å². The molecule has 0 heterocycles. The van der Waals surface area contributed by atoms with E-state index in [9.17, 15) is 4.79 Å². The number of carbonyl (C=O) groups is 1. The molecule has 1 unspecified atom stereocenters. The SMILES string of the molecule is CC.CCCC(C)CC(=O)N(C)C. The molecule has 0 aromatic rings. The third-order valence-electron chi connectivity index (χ3n) is 1.80. The zero-order valence-corrected chi connectivity index (χ0v) is 10.1. The van der Waals surface area contributed by atoms with Gasteiger partial charge in [0.25, 0.3) is 0 Å². The van der Waals surface area contributed by atoms with Gasteiger partial charge in [-0.1, -0.05) is 40.5 Å². The lowest BCUT2D eigenvalue weighted by molar-refractivity contribution is -0.129. The van der Waals surface area contributed by atoms with Crippen molar-refractivity contribution in [3.8, 4) is 0 Å². The van der Waals surface area contributed by atoms with Crippen molar-refractivity contribution in [1.29, 1.82) is 0 Å². The molecule has 2 nitrogen and oxygen atoms in total. The number of hydrogen-bond donors (Lipinski definition) is 0. The molecule has 0 fully saturated rings. The minimum Gasteiger partial charge on any atom is -0.349 e. The summed E-state index contributed by atoms with van der Waals surface area (Å²) >= 11 is 0. The number of rotatable bonds is 4. The van der Waals surface area contributed by atoms with Crippen LogP contribution in [0.3, 0.4) is 0 Å². The molecular formula is C11H25NO. The third-order valence-corrected chi connectivity index (χ3v) is 1.80. The van der Waals surface area contributed by atoms with Crippen molar-refractivity contribution in [3.05, 3.63) is 0 Å². The fraction of sp³-hybridized carbons (Fsp3) is 0.909. The second-order valence-electron chi connectivity index (χ2n) is 3.39. The van der Waals surface area contributed by atoms with Crippen molar-refractivity contribution in [3.63, 3.8) is 0 Å². The lowest BCUT2D eigenvalue weighted by Gasteiger charge is -2.13. The van der Waals surface area contributed by atoms with Gasteiger partial charge in [-0.2, -0.15) is 0 Å². The van der Waals surface area contributed by atoms with Crippen molar-refractivity contribution in [2.24, 2.45) is 5.92 Å². The molecule has 0 aromatic carbocycles. The highest BCUT2D eigenvalue weighted by molar-refractivity contribution is 5.75. The highest BCUT2D eigenvalue weighted by Crippen LogP contribution is 2.10. The molecule has 1 amide bonds. The van der Waals surface area contributed by atoms with Gasteiger partial charge < -0.3 is 4.90 Å². The predicted molar refractivity (Wildman–Crippen MR) is 58.7 cm³/mol. The predicted octanol–water partition coefficient (Wildman–Crippen LogP) is 2.93. The summed E-state index contributed by atoms with van der Waals surface area (Å²) in [6, 6.07) is 0. The first-order valence-corrected chi connectivity index (χ1v) is 5.28. The van der Waals surface area contributed by atoms with Crippen LogP contribution in [0, 0.1) is 5.92 Å². The molecule has 0 rings (SSSR count). The van der Waals surface area contributed by atoms with E-state index in [0.29, 0.717) is 12.3 Å². The highest BCUT2D eigenvalue weighted by Gasteiger charge is 2.08. The zero-order valence-electron chi connectivity index (χ0n) is 10.1. The van der Waals surface area contributed by atoms with E-state index in [2.05, 4.69) is 13.8 Å². The maximum atomic E-state index is 11.2. The van der Waals surface area contributed by atoms with Crippen molar-refractivity contribution < 1.29 is 4.79 Å². The second-order valence-corrected chi connectivity index (χ2v) is 3.39. The van der Waals surface area contributed by atoms with Crippen LogP contribution in [0.1, 0.15) is 47.0 Å². The molecule has 0 aliphatic rings. The Balaban J connectivity index is 0. The van der Waals surface area contributed by atoms with Crippen LogP contribution in [0.4, 0.5) is 0 Å². The zero-order chi connectivity index (χ0) is 10.9. The summed E-state index contributed by atoms with van der Waals surface area (Å²) in [7, 11) is 3.61. The Hall–Kier alpha value is -0.530. The quantitative estimate of drug-likeness (QED) is 0.662. The van der Waals surface area contributed by atoms with Gasteiger partial charge in [0.05, 0.1) is 0 Å². The van der Waals surface area contributed by atoms with E-state index >= 15 is 0 Å². The van der Waals surface area contributed by atoms with Crippen molar-refractivity contribution in [2.75, 3.05) is 14.1 Å². The van der Waals surface area contributed by atoms with E-state index in [1.54, 1.807) is 19.0 Å². The molecule has 0 saturated carbocycles. The fourth-order valence-electron chi connectivity index (χ4n) is 1.08. The second kappa shape index (κ2) is 9.56. The van der Waals surface area contributed by atoms with Crippen LogP contribution in [0.2, 0.25) is 0 Å². The molecule has 0 saturated heterocycles. The minimum atomic E-state index is 0.242. The number of carbonyl (C=O) groups excluding carboxylic acids is 1. The average Bonchev–Trinajstić information content (AvgIpc) is 2.08. The first-order valence-electron chi connectivity index (χ1n) is 5.28. The van der Waals surface area contributed by atoms with Gasteiger partial charge in [0.1, 0.15) is 0 Å². The Morgan fingerprint density at radius 1 is 1.31 bits per heavy atom. The topological polar surface area (TPSA) is 20.3 Å². The molecule has 0 aromatic heterocycles. The van der Waals surface area contributed by atoms with Gasteiger partial charge in [-0.25, -0.2) is 0 Å². The number of hydrogen-bond acceptors (Lipinski definition) is 1. The lowest BCUT2D eigenvalue weighted by Crippen LogP contribution is -2.23. The number of amides is 1. The van der Waals surface area contributed by atoms with Crippen LogP contribution in [-0.4, -0.2) is 24.9 Å². The van der Waals surface area contributed by atoms with Crippen LogP contribution in [0.5, 0.6) is 0 Å². The van der Waals surface area contributed by atoms with Crippen LogP contribution in [-0.2, 0) is 4.79 Å². The molecule has 13 heavy (non-hydrogen) atoms. The maximum absolute atomic E-state index is 11.2. The number of nitrogens with zero attached hydrogens (tertiary/aromatic N) is 1. The Labute approximate surface area is 83.3 Å². The third kappa shape index (κ3) is 9.38. The van der Waals surface area contributed by atoms with Gasteiger partial charge >= 0.3 is 0 Å². The maximum Gasteiger partial charge on any atom is 0.222 e. The molecule has 0 bridgehead atoms. The molecule has 2 heteroatoms. The molecule has 0 radical (unpaired) electrons. The first kappa shape index (κ1) is 15.0. The van der Waals surface area contributed by atoms with E-state index in [4.69, 9.17) is 0 Å². The molecule has 0 aliphatic heterocycles. The van der Waals surface area contributed by atoms with Gasteiger partial charge in [-0.05, 0) is 5.92 Å². The Bertz CT molecular complexity index is 121. The molecule has 0 aliphatic carbocycles. The molecular weight excluding hydrogens is 162 g/mol.